The molecule has 3 heterocycles. The Morgan fingerprint density at radius 1 is 0.737 bits per heavy atom. The highest BCUT2D eigenvalue weighted by atomic mass is 15.3. The Labute approximate surface area is 224 Å². The zero-order valence-electron chi connectivity index (χ0n) is 22.1. The number of para-hydroxylation sites is 1. The summed E-state index contributed by atoms with van der Waals surface area (Å²) in [6, 6.07) is 26.8. The Morgan fingerprint density at radius 3 is 2.24 bits per heavy atom. The molecule has 0 aliphatic carbocycles. The van der Waals surface area contributed by atoms with E-state index in [1.165, 1.54) is 0 Å². The molecule has 0 radical (unpaired) electrons. The lowest BCUT2D eigenvalue weighted by molar-refractivity contribution is 0.822. The lowest BCUT2D eigenvalue weighted by Crippen LogP contribution is -2.06. The fraction of sp³-hybridized carbons (Fsp3) is 0.258. The van der Waals surface area contributed by atoms with Gasteiger partial charge in [-0.25, -0.2) is 14.5 Å². The molecule has 7 nitrogen and oxygen atoms in total. The van der Waals surface area contributed by atoms with Gasteiger partial charge in [0.15, 0.2) is 0 Å². The first-order valence-electron chi connectivity index (χ1n) is 13.5. The van der Waals surface area contributed by atoms with Crippen LogP contribution in [0.5, 0.6) is 0 Å². The predicted octanol–water partition coefficient (Wildman–Crippen LogP) is 7.63. The second-order valence-corrected chi connectivity index (χ2v) is 9.33. The van der Waals surface area contributed by atoms with Crippen molar-refractivity contribution in [1.29, 1.82) is 0 Å². The highest BCUT2D eigenvalue weighted by Crippen LogP contribution is 2.36. The maximum absolute atomic E-state index is 5.11. The molecule has 3 aromatic heterocycles. The van der Waals surface area contributed by atoms with E-state index in [1.54, 1.807) is 0 Å². The summed E-state index contributed by atoms with van der Waals surface area (Å²) >= 11 is 0. The number of nitrogens with one attached hydrogen (secondary N) is 3. The SMILES string of the molecule is CCCCNc1nccc(-c2c(-c3ccc(Nc4ccccc4)cc3)nn3c(NCCCC)cccc23)n1. The lowest BCUT2D eigenvalue weighted by Gasteiger charge is -2.09. The van der Waals surface area contributed by atoms with Crippen LogP contribution in [-0.4, -0.2) is 32.7 Å². The molecule has 5 rings (SSSR count). The minimum atomic E-state index is 0.640. The van der Waals surface area contributed by atoms with Gasteiger partial charge in [0.05, 0.1) is 16.8 Å². The molecule has 0 unspecified atom stereocenters. The number of hydrogen-bond acceptors (Lipinski definition) is 6. The normalized spacial score (nSPS) is 11.0. The van der Waals surface area contributed by atoms with E-state index < -0.39 is 0 Å². The summed E-state index contributed by atoms with van der Waals surface area (Å²) in [6.07, 6.45) is 6.25. The number of nitrogens with zero attached hydrogens (tertiary/aromatic N) is 4. The van der Waals surface area contributed by atoms with E-state index in [9.17, 15) is 0 Å². The van der Waals surface area contributed by atoms with Gasteiger partial charge < -0.3 is 16.0 Å². The van der Waals surface area contributed by atoms with Gasteiger partial charge in [-0.15, -0.1) is 0 Å². The average molecular weight is 506 g/mol. The highest BCUT2D eigenvalue weighted by molar-refractivity contribution is 5.92. The molecule has 0 saturated heterocycles. The van der Waals surface area contributed by atoms with Gasteiger partial charge in [0.2, 0.25) is 5.95 Å². The van der Waals surface area contributed by atoms with Crippen LogP contribution in [0.4, 0.5) is 23.1 Å². The third-order valence-electron chi connectivity index (χ3n) is 6.44. The third-order valence-corrected chi connectivity index (χ3v) is 6.44. The van der Waals surface area contributed by atoms with E-state index in [1.807, 2.05) is 35.0 Å². The molecular formula is C31H35N7. The van der Waals surface area contributed by atoms with Gasteiger partial charge >= 0.3 is 0 Å². The number of aromatic nitrogens is 4. The van der Waals surface area contributed by atoms with E-state index in [4.69, 9.17) is 10.1 Å². The van der Waals surface area contributed by atoms with Crippen molar-refractivity contribution in [2.45, 2.75) is 39.5 Å². The molecule has 0 aliphatic rings. The number of pyridine rings is 1. The summed E-state index contributed by atoms with van der Waals surface area (Å²) in [5.74, 6) is 1.61. The molecule has 3 N–H and O–H groups in total. The van der Waals surface area contributed by atoms with Crippen LogP contribution in [0, 0.1) is 0 Å². The van der Waals surface area contributed by atoms with Crippen LogP contribution in [0.2, 0.25) is 0 Å². The highest BCUT2D eigenvalue weighted by Gasteiger charge is 2.19. The van der Waals surface area contributed by atoms with Crippen molar-refractivity contribution in [3.8, 4) is 22.5 Å². The Balaban J connectivity index is 1.56. The van der Waals surface area contributed by atoms with E-state index in [-0.39, 0.29) is 0 Å². The maximum atomic E-state index is 5.11. The summed E-state index contributed by atoms with van der Waals surface area (Å²) in [6.45, 7) is 6.13. The Hall–Kier alpha value is -4.39. The lowest BCUT2D eigenvalue weighted by atomic mass is 10.0. The van der Waals surface area contributed by atoms with Crippen LogP contribution >= 0.6 is 0 Å². The minimum Gasteiger partial charge on any atom is -0.370 e. The Kier molecular flexibility index (Phi) is 8.13. The van der Waals surface area contributed by atoms with Gasteiger partial charge in [-0.3, -0.25) is 0 Å². The number of benzene rings is 2. The number of hydrogen-bond donors (Lipinski definition) is 3. The van der Waals surface area contributed by atoms with Crippen molar-refractivity contribution in [2.75, 3.05) is 29.0 Å². The predicted molar refractivity (Wildman–Crippen MR) is 158 cm³/mol. The molecule has 0 spiro atoms. The molecule has 0 aliphatic heterocycles. The fourth-order valence-electron chi connectivity index (χ4n) is 4.41. The molecule has 0 fully saturated rings. The summed E-state index contributed by atoms with van der Waals surface area (Å²) in [5, 5.41) is 15.5. The van der Waals surface area contributed by atoms with Crippen molar-refractivity contribution < 1.29 is 0 Å². The molecule has 0 amide bonds. The zero-order valence-corrected chi connectivity index (χ0v) is 22.1. The van der Waals surface area contributed by atoms with Gasteiger partial charge in [0, 0.05) is 36.2 Å². The smallest absolute Gasteiger partial charge is 0.223 e. The minimum absolute atomic E-state index is 0.640. The van der Waals surface area contributed by atoms with Gasteiger partial charge in [0.1, 0.15) is 11.5 Å². The third kappa shape index (κ3) is 5.78. The Bertz CT molecular complexity index is 1460. The first-order chi connectivity index (χ1) is 18.8. The molecule has 0 bridgehead atoms. The second kappa shape index (κ2) is 12.2. The molecule has 0 atom stereocenters. The first kappa shape index (κ1) is 25.3. The fourth-order valence-corrected chi connectivity index (χ4v) is 4.41. The van der Waals surface area contributed by atoms with Crippen LogP contribution in [0.25, 0.3) is 28.0 Å². The molecule has 194 valence electrons. The van der Waals surface area contributed by atoms with Gasteiger partial charge in [-0.1, -0.05) is 63.1 Å². The van der Waals surface area contributed by atoms with Crippen molar-refractivity contribution >= 4 is 28.7 Å². The van der Waals surface area contributed by atoms with Crippen LogP contribution in [-0.2, 0) is 0 Å². The summed E-state index contributed by atoms with van der Waals surface area (Å²) in [5.41, 5.74) is 6.85. The van der Waals surface area contributed by atoms with Crippen LogP contribution in [0.15, 0.2) is 85.1 Å². The molecule has 0 saturated carbocycles. The monoisotopic (exact) mass is 505 g/mol. The quantitative estimate of drug-likeness (QED) is 0.151. The van der Waals surface area contributed by atoms with Crippen molar-refractivity contribution in [2.24, 2.45) is 0 Å². The van der Waals surface area contributed by atoms with E-state index in [0.29, 0.717) is 5.95 Å². The standard InChI is InChI=1S/C31H35N7/c1-3-5-20-32-28-14-10-13-27-29(26-19-22-34-31(36-26)33-21-6-4-2)30(37-38(27)28)23-15-17-25(18-16-23)35-24-11-8-7-9-12-24/h7-19,22,32,35H,3-6,20-21H2,1-2H3,(H,33,34,36). The maximum Gasteiger partial charge on any atom is 0.223 e. The molecule has 2 aromatic carbocycles. The Morgan fingerprint density at radius 2 is 1.47 bits per heavy atom. The van der Waals surface area contributed by atoms with E-state index >= 15 is 0 Å². The van der Waals surface area contributed by atoms with Gasteiger partial charge in [-0.2, -0.15) is 5.10 Å². The van der Waals surface area contributed by atoms with Gasteiger partial charge in [-0.05, 0) is 55.3 Å². The molecule has 38 heavy (non-hydrogen) atoms. The van der Waals surface area contributed by atoms with Crippen molar-refractivity contribution in [3.63, 3.8) is 0 Å². The van der Waals surface area contributed by atoms with E-state index in [2.05, 4.69) is 89.4 Å². The topological polar surface area (TPSA) is 79.2 Å². The summed E-state index contributed by atoms with van der Waals surface area (Å²) < 4.78 is 2.00. The zero-order chi connectivity index (χ0) is 26.2. The summed E-state index contributed by atoms with van der Waals surface area (Å²) in [4.78, 5) is 9.35. The van der Waals surface area contributed by atoms with Crippen LogP contribution < -0.4 is 16.0 Å². The van der Waals surface area contributed by atoms with Crippen molar-refractivity contribution in [1.82, 2.24) is 19.6 Å². The largest absolute Gasteiger partial charge is 0.370 e. The van der Waals surface area contributed by atoms with Crippen LogP contribution in [0.1, 0.15) is 39.5 Å². The summed E-state index contributed by atoms with van der Waals surface area (Å²) in [7, 11) is 0. The second-order valence-electron chi connectivity index (χ2n) is 9.33. The first-order valence-corrected chi connectivity index (χ1v) is 13.5. The number of fused-ring (bicyclic) bond motifs is 1. The number of rotatable bonds is 12. The molecule has 5 aromatic rings. The average Bonchev–Trinajstić information content (AvgIpc) is 3.35. The van der Waals surface area contributed by atoms with Crippen molar-refractivity contribution in [3.05, 3.63) is 85.1 Å². The number of unbranched alkanes of at least 4 members (excludes halogenated alkanes) is 2. The number of anilines is 4. The molecular weight excluding hydrogens is 470 g/mol. The van der Waals surface area contributed by atoms with E-state index in [0.717, 1.165) is 84.0 Å². The van der Waals surface area contributed by atoms with Gasteiger partial charge in [0.25, 0.3) is 0 Å². The van der Waals surface area contributed by atoms with Crippen LogP contribution in [0.3, 0.4) is 0 Å². The molecule has 7 heteroatoms.